The van der Waals surface area contributed by atoms with Crippen molar-refractivity contribution < 1.29 is 14.3 Å². The highest BCUT2D eigenvalue weighted by molar-refractivity contribution is 5.93. The lowest BCUT2D eigenvalue weighted by Gasteiger charge is -2.35. The van der Waals surface area contributed by atoms with Gasteiger partial charge in [0.2, 0.25) is 0 Å². The molecule has 1 N–H and O–H groups in total. The third kappa shape index (κ3) is 3.45. The van der Waals surface area contributed by atoms with E-state index in [4.69, 9.17) is 4.42 Å². The average molecular weight is 314 g/mol. The fraction of sp³-hybridized carbons (Fsp3) is 0.444. The number of aliphatic hydroxyl groups excluding tert-OH is 1. The van der Waals surface area contributed by atoms with Crippen molar-refractivity contribution in [3.8, 4) is 0 Å². The van der Waals surface area contributed by atoms with Crippen molar-refractivity contribution in [2.75, 3.05) is 13.1 Å². The van der Waals surface area contributed by atoms with Crippen molar-refractivity contribution in [3.05, 3.63) is 53.2 Å². The molecule has 122 valence electrons. The van der Waals surface area contributed by atoms with Gasteiger partial charge in [-0.25, -0.2) is 4.98 Å². The van der Waals surface area contributed by atoms with E-state index in [0.29, 0.717) is 24.5 Å². The van der Waals surface area contributed by atoms with Crippen molar-refractivity contribution in [2.45, 2.75) is 32.8 Å². The number of carbonyl (C=O) groups is 1. The SMILES string of the molecule is Cc1cccc(C[C@H]2CCN(C(=O)c3ncoc3C)C[C@H]2O)c1. The number of aliphatic hydroxyl groups is 1. The normalized spacial score (nSPS) is 21.4. The molecule has 3 rings (SSSR count). The van der Waals surface area contributed by atoms with Gasteiger partial charge in [0.1, 0.15) is 5.76 Å². The van der Waals surface area contributed by atoms with Crippen LogP contribution in [-0.4, -0.2) is 40.1 Å². The molecule has 5 heteroatoms. The number of aryl methyl sites for hydroxylation is 2. The van der Waals surface area contributed by atoms with Gasteiger partial charge in [-0.15, -0.1) is 0 Å². The van der Waals surface area contributed by atoms with Crippen LogP contribution in [-0.2, 0) is 6.42 Å². The van der Waals surface area contributed by atoms with Crippen LogP contribution in [0.2, 0.25) is 0 Å². The standard InChI is InChI=1S/C18H22N2O3/c1-12-4-3-5-14(8-12)9-15-6-7-20(10-16(15)21)18(22)17-13(2)23-11-19-17/h3-5,8,11,15-16,21H,6-7,9-10H2,1-2H3/t15-,16-/m1/s1. The predicted molar refractivity (Wildman–Crippen MR) is 86.1 cm³/mol. The smallest absolute Gasteiger partial charge is 0.276 e. The highest BCUT2D eigenvalue weighted by Gasteiger charge is 2.32. The lowest BCUT2D eigenvalue weighted by molar-refractivity contribution is 0.0194. The van der Waals surface area contributed by atoms with Gasteiger partial charge in [0, 0.05) is 13.1 Å². The van der Waals surface area contributed by atoms with Crippen molar-refractivity contribution in [1.82, 2.24) is 9.88 Å². The molecule has 2 aromatic rings. The minimum atomic E-state index is -0.514. The molecular formula is C18H22N2O3. The van der Waals surface area contributed by atoms with Crippen LogP contribution in [0.25, 0.3) is 0 Å². The van der Waals surface area contributed by atoms with E-state index in [2.05, 4.69) is 30.1 Å². The average Bonchev–Trinajstić information content (AvgIpc) is 2.95. The second kappa shape index (κ2) is 6.54. The Labute approximate surface area is 135 Å². The zero-order valence-electron chi connectivity index (χ0n) is 13.5. The predicted octanol–water partition coefficient (Wildman–Crippen LogP) is 2.36. The number of hydrogen-bond acceptors (Lipinski definition) is 4. The Morgan fingerprint density at radius 1 is 1.43 bits per heavy atom. The van der Waals surface area contributed by atoms with Gasteiger partial charge in [-0.2, -0.15) is 0 Å². The molecule has 0 radical (unpaired) electrons. The van der Waals surface area contributed by atoms with Gasteiger partial charge < -0.3 is 14.4 Å². The fourth-order valence-electron chi connectivity index (χ4n) is 3.21. The van der Waals surface area contributed by atoms with E-state index in [-0.39, 0.29) is 11.8 Å². The van der Waals surface area contributed by atoms with Crippen molar-refractivity contribution >= 4 is 5.91 Å². The number of piperidine rings is 1. The Balaban J connectivity index is 1.63. The number of benzene rings is 1. The van der Waals surface area contributed by atoms with Gasteiger partial charge >= 0.3 is 0 Å². The van der Waals surface area contributed by atoms with E-state index in [0.717, 1.165) is 12.8 Å². The molecule has 1 aliphatic rings. The minimum Gasteiger partial charge on any atom is -0.448 e. The Morgan fingerprint density at radius 3 is 2.91 bits per heavy atom. The third-order valence-corrected chi connectivity index (χ3v) is 4.54. The molecular weight excluding hydrogens is 292 g/mol. The molecule has 23 heavy (non-hydrogen) atoms. The van der Waals surface area contributed by atoms with Gasteiger partial charge in [-0.05, 0) is 38.2 Å². The van der Waals surface area contributed by atoms with Crippen LogP contribution in [0.5, 0.6) is 0 Å². The van der Waals surface area contributed by atoms with Crippen molar-refractivity contribution in [3.63, 3.8) is 0 Å². The van der Waals surface area contributed by atoms with E-state index in [1.165, 1.54) is 17.5 Å². The third-order valence-electron chi connectivity index (χ3n) is 4.54. The first-order valence-corrected chi connectivity index (χ1v) is 7.97. The van der Waals surface area contributed by atoms with Gasteiger partial charge in [-0.3, -0.25) is 4.79 Å². The highest BCUT2D eigenvalue weighted by atomic mass is 16.3. The summed E-state index contributed by atoms with van der Waals surface area (Å²) in [6, 6.07) is 8.36. The van der Waals surface area contributed by atoms with Gasteiger partial charge in [0.25, 0.3) is 5.91 Å². The molecule has 1 aromatic carbocycles. The molecule has 2 atom stereocenters. The first-order chi connectivity index (χ1) is 11.0. The fourth-order valence-corrected chi connectivity index (χ4v) is 3.21. The van der Waals surface area contributed by atoms with Crippen molar-refractivity contribution in [1.29, 1.82) is 0 Å². The number of likely N-dealkylation sites (tertiary alicyclic amines) is 1. The number of amides is 1. The molecule has 0 aliphatic carbocycles. The van der Waals surface area contributed by atoms with Crippen LogP contribution >= 0.6 is 0 Å². The molecule has 1 fully saturated rings. The maximum Gasteiger partial charge on any atom is 0.276 e. The Kier molecular flexibility index (Phi) is 4.48. The van der Waals surface area contributed by atoms with Gasteiger partial charge in [0.05, 0.1) is 6.10 Å². The number of hydrogen-bond donors (Lipinski definition) is 1. The second-order valence-electron chi connectivity index (χ2n) is 6.32. The van der Waals surface area contributed by atoms with Crippen LogP contribution in [0.3, 0.4) is 0 Å². The van der Waals surface area contributed by atoms with Crippen LogP contribution < -0.4 is 0 Å². The maximum absolute atomic E-state index is 12.4. The number of β-amino-alcohol motifs (C(OH)–C–C–N with tert-alkyl or cyclic N) is 1. The molecule has 5 nitrogen and oxygen atoms in total. The summed E-state index contributed by atoms with van der Waals surface area (Å²) in [6.45, 7) is 4.78. The molecule has 1 aromatic heterocycles. The van der Waals surface area contributed by atoms with Crippen molar-refractivity contribution in [2.24, 2.45) is 5.92 Å². The van der Waals surface area contributed by atoms with E-state index in [1.54, 1.807) is 11.8 Å². The lowest BCUT2D eigenvalue weighted by atomic mass is 9.87. The summed E-state index contributed by atoms with van der Waals surface area (Å²) in [5.74, 6) is 0.537. The van der Waals surface area contributed by atoms with Crippen LogP contribution in [0.4, 0.5) is 0 Å². The number of rotatable bonds is 3. The quantitative estimate of drug-likeness (QED) is 0.944. The summed E-state index contributed by atoms with van der Waals surface area (Å²) in [6.07, 6.45) is 2.40. The molecule has 0 bridgehead atoms. The molecule has 0 unspecified atom stereocenters. The Bertz CT molecular complexity index is 695. The minimum absolute atomic E-state index is 0.163. The number of nitrogens with zero attached hydrogens (tertiary/aromatic N) is 2. The summed E-state index contributed by atoms with van der Waals surface area (Å²) in [4.78, 5) is 18.1. The topological polar surface area (TPSA) is 66.6 Å². The molecule has 2 heterocycles. The van der Waals surface area contributed by atoms with E-state index in [1.807, 2.05) is 6.07 Å². The summed E-state index contributed by atoms with van der Waals surface area (Å²) in [7, 11) is 0. The van der Waals surface area contributed by atoms with E-state index >= 15 is 0 Å². The molecule has 0 saturated carbocycles. The molecule has 1 aliphatic heterocycles. The summed E-state index contributed by atoms with van der Waals surface area (Å²) >= 11 is 0. The number of aromatic nitrogens is 1. The zero-order valence-corrected chi connectivity index (χ0v) is 13.5. The van der Waals surface area contributed by atoms with Gasteiger partial charge in [0.15, 0.2) is 12.1 Å². The summed E-state index contributed by atoms with van der Waals surface area (Å²) < 4.78 is 5.09. The summed E-state index contributed by atoms with van der Waals surface area (Å²) in [5, 5.41) is 10.4. The van der Waals surface area contributed by atoms with Crippen LogP contribution in [0, 0.1) is 19.8 Å². The monoisotopic (exact) mass is 314 g/mol. The second-order valence-corrected chi connectivity index (χ2v) is 6.32. The molecule has 0 spiro atoms. The number of oxazole rings is 1. The highest BCUT2D eigenvalue weighted by Crippen LogP contribution is 2.24. The zero-order chi connectivity index (χ0) is 16.4. The first kappa shape index (κ1) is 15.7. The first-order valence-electron chi connectivity index (χ1n) is 7.97. The van der Waals surface area contributed by atoms with Crippen LogP contribution in [0.1, 0.15) is 33.8 Å². The Hall–Kier alpha value is -2.14. The largest absolute Gasteiger partial charge is 0.448 e. The van der Waals surface area contributed by atoms with Crippen LogP contribution in [0.15, 0.2) is 35.1 Å². The molecule has 1 amide bonds. The number of carbonyl (C=O) groups excluding carboxylic acids is 1. The lowest BCUT2D eigenvalue weighted by Crippen LogP contribution is -2.47. The summed E-state index contributed by atoms with van der Waals surface area (Å²) in [5.41, 5.74) is 2.81. The van der Waals surface area contributed by atoms with E-state index in [9.17, 15) is 9.90 Å². The Morgan fingerprint density at radius 2 is 2.26 bits per heavy atom. The van der Waals surface area contributed by atoms with E-state index < -0.39 is 6.10 Å². The van der Waals surface area contributed by atoms with Gasteiger partial charge in [-0.1, -0.05) is 29.8 Å². The molecule has 1 saturated heterocycles. The maximum atomic E-state index is 12.4.